The van der Waals surface area contributed by atoms with E-state index >= 15 is 0 Å². The van der Waals surface area contributed by atoms with E-state index in [1.54, 1.807) is 18.2 Å². The normalized spacial score (nSPS) is 13.0. The van der Waals surface area contributed by atoms with E-state index in [1.165, 1.54) is 13.2 Å². The second-order valence-electron chi connectivity index (χ2n) is 5.65. The van der Waals surface area contributed by atoms with Crippen molar-refractivity contribution in [3.63, 3.8) is 0 Å². The summed E-state index contributed by atoms with van der Waals surface area (Å²) in [6, 6.07) is 14.5. The Balaban J connectivity index is 2.17. The van der Waals surface area contributed by atoms with Crippen molar-refractivity contribution in [3.05, 3.63) is 65.4 Å². The van der Waals surface area contributed by atoms with Crippen LogP contribution in [0.3, 0.4) is 0 Å². The Kier molecular flexibility index (Phi) is 3.06. The van der Waals surface area contributed by atoms with Gasteiger partial charge in [0.15, 0.2) is 17.3 Å². The third kappa shape index (κ3) is 1.90. The molecule has 0 atom stereocenters. The molecule has 24 heavy (non-hydrogen) atoms. The topological polar surface area (TPSA) is 66.8 Å². The molecule has 0 aromatic heterocycles. The number of ketones is 1. The summed E-state index contributed by atoms with van der Waals surface area (Å²) in [5.74, 6) is -0.481. The summed E-state index contributed by atoms with van der Waals surface area (Å²) in [7, 11) is 1.44. The summed E-state index contributed by atoms with van der Waals surface area (Å²) < 4.78 is 5.14. The van der Waals surface area contributed by atoms with Crippen molar-refractivity contribution in [1.82, 2.24) is 0 Å². The maximum atomic E-state index is 12.5. The number of allylic oxidation sites excluding steroid dienone is 1. The van der Waals surface area contributed by atoms with Crippen LogP contribution in [0.25, 0.3) is 28.0 Å². The first-order valence-corrected chi connectivity index (χ1v) is 7.49. The zero-order valence-electron chi connectivity index (χ0n) is 12.9. The summed E-state index contributed by atoms with van der Waals surface area (Å²) in [4.78, 5) is 12.5. The van der Waals surface area contributed by atoms with Gasteiger partial charge in [-0.05, 0) is 34.9 Å². The van der Waals surface area contributed by atoms with Crippen molar-refractivity contribution in [1.29, 1.82) is 0 Å². The van der Waals surface area contributed by atoms with Crippen LogP contribution in [0.5, 0.6) is 11.5 Å². The van der Waals surface area contributed by atoms with E-state index < -0.39 is 0 Å². The van der Waals surface area contributed by atoms with Crippen molar-refractivity contribution in [3.8, 4) is 22.6 Å². The van der Waals surface area contributed by atoms with Gasteiger partial charge in [-0.3, -0.25) is 4.79 Å². The Morgan fingerprint density at radius 3 is 2.33 bits per heavy atom. The van der Waals surface area contributed by atoms with Crippen LogP contribution in [0.2, 0.25) is 0 Å². The van der Waals surface area contributed by atoms with E-state index in [1.807, 2.05) is 30.3 Å². The first-order chi connectivity index (χ1) is 11.6. The zero-order chi connectivity index (χ0) is 16.8. The molecule has 0 bridgehead atoms. The second-order valence-corrected chi connectivity index (χ2v) is 5.65. The summed E-state index contributed by atoms with van der Waals surface area (Å²) in [6.45, 7) is 0. The van der Waals surface area contributed by atoms with Gasteiger partial charge in [-0.1, -0.05) is 36.4 Å². The first-order valence-electron chi connectivity index (χ1n) is 7.49. The van der Waals surface area contributed by atoms with Gasteiger partial charge in [0.05, 0.1) is 7.11 Å². The number of carbonyl (C=O) groups is 1. The summed E-state index contributed by atoms with van der Waals surface area (Å²) in [6.07, 6.45) is 1.59. The maximum absolute atomic E-state index is 12.5. The standard InChI is InChI=1S/C20H14O4/c1-24-16-10-12-9-15(21)20(23)18-13(11-5-3-2-4-6-11)7-8-14(17(12)18)19(16)22/h2-10,21,23H,1H3. The van der Waals surface area contributed by atoms with Crippen LogP contribution in [0, 0.1) is 0 Å². The fourth-order valence-electron chi connectivity index (χ4n) is 3.22. The number of hydrogen-bond donors (Lipinski definition) is 2. The molecular formula is C20H14O4. The monoisotopic (exact) mass is 318 g/mol. The molecule has 1 aliphatic carbocycles. The van der Waals surface area contributed by atoms with Crippen molar-refractivity contribution in [2.45, 2.75) is 0 Å². The lowest BCUT2D eigenvalue weighted by Gasteiger charge is -2.19. The summed E-state index contributed by atoms with van der Waals surface area (Å²) in [5.41, 5.74) is 2.75. The van der Waals surface area contributed by atoms with E-state index in [-0.39, 0.29) is 23.0 Å². The Morgan fingerprint density at radius 1 is 0.917 bits per heavy atom. The number of phenolic OH excluding ortho intramolecular Hbond substituents is 2. The van der Waals surface area contributed by atoms with Gasteiger partial charge in [-0.25, -0.2) is 0 Å². The first kappa shape index (κ1) is 14.3. The minimum absolute atomic E-state index is 0.210. The van der Waals surface area contributed by atoms with Gasteiger partial charge < -0.3 is 14.9 Å². The smallest absolute Gasteiger partial charge is 0.228 e. The van der Waals surface area contributed by atoms with Crippen LogP contribution in [-0.4, -0.2) is 23.1 Å². The SMILES string of the molecule is COC1=Cc2cc(O)c(O)c3c(-c4ccccc4)ccc(c23)C1=O. The number of phenols is 2. The van der Waals surface area contributed by atoms with E-state index in [9.17, 15) is 15.0 Å². The molecule has 4 rings (SSSR count). The van der Waals surface area contributed by atoms with Crippen LogP contribution < -0.4 is 0 Å². The number of aromatic hydroxyl groups is 2. The van der Waals surface area contributed by atoms with Crippen molar-refractivity contribution >= 4 is 22.6 Å². The molecule has 0 spiro atoms. The number of benzene rings is 3. The molecular weight excluding hydrogens is 304 g/mol. The third-order valence-electron chi connectivity index (χ3n) is 4.33. The Labute approximate surface area is 138 Å². The van der Waals surface area contributed by atoms with Gasteiger partial charge in [0, 0.05) is 16.3 Å². The Bertz CT molecular complexity index is 1020. The second kappa shape index (κ2) is 5.13. The van der Waals surface area contributed by atoms with Gasteiger partial charge in [-0.2, -0.15) is 0 Å². The molecule has 0 unspecified atom stereocenters. The molecule has 0 saturated carbocycles. The number of methoxy groups -OCH3 is 1. The minimum Gasteiger partial charge on any atom is -0.504 e. The largest absolute Gasteiger partial charge is 0.504 e. The van der Waals surface area contributed by atoms with Crippen LogP contribution >= 0.6 is 0 Å². The number of hydrogen-bond acceptors (Lipinski definition) is 4. The van der Waals surface area contributed by atoms with Gasteiger partial charge in [0.1, 0.15) is 0 Å². The Hall–Kier alpha value is -3.27. The molecule has 0 radical (unpaired) electrons. The molecule has 2 N–H and O–H groups in total. The van der Waals surface area contributed by atoms with Gasteiger partial charge in [0.25, 0.3) is 0 Å². The highest BCUT2D eigenvalue weighted by Crippen LogP contribution is 2.45. The summed E-state index contributed by atoms with van der Waals surface area (Å²) >= 11 is 0. The highest BCUT2D eigenvalue weighted by atomic mass is 16.5. The average Bonchev–Trinajstić information content (AvgIpc) is 2.62. The Morgan fingerprint density at radius 2 is 1.62 bits per heavy atom. The number of ether oxygens (including phenoxy) is 1. The molecule has 0 amide bonds. The third-order valence-corrected chi connectivity index (χ3v) is 4.33. The van der Waals surface area contributed by atoms with Crippen LogP contribution in [-0.2, 0) is 4.74 Å². The molecule has 3 aromatic carbocycles. The fourth-order valence-corrected chi connectivity index (χ4v) is 3.22. The van der Waals surface area contributed by atoms with E-state index in [0.717, 1.165) is 11.1 Å². The molecule has 0 saturated heterocycles. The fraction of sp³-hybridized carbons (Fsp3) is 0.0500. The van der Waals surface area contributed by atoms with Gasteiger partial charge in [0.2, 0.25) is 5.78 Å². The van der Waals surface area contributed by atoms with Crippen LogP contribution in [0.1, 0.15) is 15.9 Å². The van der Waals surface area contributed by atoms with Crippen molar-refractivity contribution in [2.24, 2.45) is 0 Å². The van der Waals surface area contributed by atoms with E-state index in [4.69, 9.17) is 4.74 Å². The molecule has 118 valence electrons. The molecule has 0 fully saturated rings. The number of carbonyl (C=O) groups excluding carboxylic acids is 1. The van der Waals surface area contributed by atoms with Crippen LogP contribution in [0.15, 0.2) is 54.3 Å². The van der Waals surface area contributed by atoms with Crippen LogP contribution in [0.4, 0.5) is 0 Å². The predicted molar refractivity (Wildman–Crippen MR) is 92.0 cm³/mol. The lowest BCUT2D eigenvalue weighted by Crippen LogP contribution is -2.10. The molecule has 3 aromatic rings. The highest BCUT2D eigenvalue weighted by molar-refractivity contribution is 6.24. The molecule has 0 aliphatic heterocycles. The zero-order valence-corrected chi connectivity index (χ0v) is 12.9. The average molecular weight is 318 g/mol. The quantitative estimate of drug-likeness (QED) is 0.698. The van der Waals surface area contributed by atoms with Crippen molar-refractivity contribution in [2.75, 3.05) is 7.11 Å². The molecule has 4 nitrogen and oxygen atoms in total. The maximum Gasteiger partial charge on any atom is 0.228 e. The van der Waals surface area contributed by atoms with E-state index in [2.05, 4.69) is 0 Å². The minimum atomic E-state index is -0.236. The molecule has 1 aliphatic rings. The lowest BCUT2D eigenvalue weighted by molar-refractivity contribution is 0.0957. The highest BCUT2D eigenvalue weighted by Gasteiger charge is 2.26. The molecule has 4 heteroatoms. The lowest BCUT2D eigenvalue weighted by atomic mass is 9.86. The number of Topliss-reactive ketones (excluding diaryl/α,β-unsaturated/α-hetero) is 1. The predicted octanol–water partition coefficient (Wildman–Crippen LogP) is 4.10. The number of rotatable bonds is 2. The van der Waals surface area contributed by atoms with Gasteiger partial charge >= 0.3 is 0 Å². The summed E-state index contributed by atoms with van der Waals surface area (Å²) in [5, 5.41) is 21.7. The van der Waals surface area contributed by atoms with Crippen molar-refractivity contribution < 1.29 is 19.7 Å². The molecule has 0 heterocycles. The van der Waals surface area contributed by atoms with E-state index in [0.29, 0.717) is 21.9 Å². The van der Waals surface area contributed by atoms with Gasteiger partial charge in [-0.15, -0.1) is 0 Å².